The minimum atomic E-state index is 0.0727. The number of hydrogen-bond donors (Lipinski definition) is 2. The molecule has 0 heterocycles. The van der Waals surface area contributed by atoms with E-state index in [4.69, 9.17) is 16.3 Å². The number of methoxy groups -OCH3 is 1. The first-order valence-electron chi connectivity index (χ1n) is 8.62. The molecule has 1 aromatic rings. The number of nitrogens with one attached hydrogen (secondary N) is 2. The number of ether oxygens (including phenoxy) is 1. The molecule has 0 atom stereocenters. The van der Waals surface area contributed by atoms with Crippen LogP contribution in [0.5, 0.6) is 5.75 Å². The summed E-state index contributed by atoms with van der Waals surface area (Å²) in [6, 6.07) is 3.73. The number of anilines is 1. The van der Waals surface area contributed by atoms with Gasteiger partial charge in [-0.25, -0.2) is 0 Å². The zero-order valence-electron chi connectivity index (χ0n) is 14.6. The fourth-order valence-corrected chi connectivity index (χ4v) is 3.02. The Kier molecular flexibility index (Phi) is 7.44. The fourth-order valence-electron chi connectivity index (χ4n) is 2.86. The lowest BCUT2D eigenvalue weighted by Gasteiger charge is -2.14. The standard InChI is InChI=1S/C19H27ClN2O2/c1-14-12-17(18(24-2)13-16(14)20)21-11-9-19(23)22-10-8-15-6-4-3-5-7-15/h6,12-13,21H,3-5,7-11H2,1-2H3,(H,22,23). The van der Waals surface area contributed by atoms with Gasteiger partial charge in [-0.2, -0.15) is 0 Å². The van der Waals surface area contributed by atoms with Crippen molar-refractivity contribution in [2.75, 3.05) is 25.5 Å². The number of carbonyl (C=O) groups excluding carboxylic acids is 1. The molecule has 0 fully saturated rings. The number of halogens is 1. The van der Waals surface area contributed by atoms with E-state index in [1.807, 2.05) is 13.0 Å². The SMILES string of the molecule is COc1cc(Cl)c(C)cc1NCCC(=O)NCCC1=CCCCC1. The Hall–Kier alpha value is -1.68. The van der Waals surface area contributed by atoms with Gasteiger partial charge in [0.15, 0.2) is 0 Å². The molecular weight excluding hydrogens is 324 g/mol. The third kappa shape index (κ3) is 5.75. The smallest absolute Gasteiger partial charge is 0.221 e. The Labute approximate surface area is 149 Å². The normalized spacial score (nSPS) is 14.0. The van der Waals surface area contributed by atoms with Crippen molar-refractivity contribution < 1.29 is 9.53 Å². The van der Waals surface area contributed by atoms with Crippen molar-refractivity contribution in [2.45, 2.75) is 45.4 Å². The van der Waals surface area contributed by atoms with E-state index >= 15 is 0 Å². The van der Waals surface area contributed by atoms with Crippen molar-refractivity contribution in [3.8, 4) is 5.75 Å². The average molecular weight is 351 g/mol. The van der Waals surface area contributed by atoms with Crippen molar-refractivity contribution >= 4 is 23.2 Å². The molecule has 0 saturated carbocycles. The molecule has 2 N–H and O–H groups in total. The number of hydrogen-bond acceptors (Lipinski definition) is 3. The molecule has 132 valence electrons. The van der Waals surface area contributed by atoms with Crippen molar-refractivity contribution in [3.63, 3.8) is 0 Å². The predicted octanol–water partition coefficient (Wildman–Crippen LogP) is 4.47. The highest BCUT2D eigenvalue weighted by Crippen LogP contribution is 2.30. The number of allylic oxidation sites excluding steroid dienone is 1. The molecule has 5 heteroatoms. The lowest BCUT2D eigenvalue weighted by molar-refractivity contribution is -0.120. The van der Waals surface area contributed by atoms with Crippen LogP contribution < -0.4 is 15.4 Å². The van der Waals surface area contributed by atoms with E-state index in [0.717, 1.165) is 24.2 Å². The first-order valence-corrected chi connectivity index (χ1v) is 9.00. The van der Waals surface area contributed by atoms with E-state index in [-0.39, 0.29) is 5.91 Å². The summed E-state index contributed by atoms with van der Waals surface area (Å²) in [5, 5.41) is 6.91. The molecule has 2 rings (SSSR count). The molecule has 24 heavy (non-hydrogen) atoms. The van der Waals surface area contributed by atoms with Gasteiger partial charge in [-0.15, -0.1) is 0 Å². The van der Waals surface area contributed by atoms with Crippen molar-refractivity contribution in [1.82, 2.24) is 5.32 Å². The van der Waals surface area contributed by atoms with E-state index in [9.17, 15) is 4.79 Å². The van der Waals surface area contributed by atoms with Gasteiger partial charge >= 0.3 is 0 Å². The van der Waals surface area contributed by atoms with Crippen LogP contribution in [0.25, 0.3) is 0 Å². The summed E-state index contributed by atoms with van der Waals surface area (Å²) in [7, 11) is 1.61. The Bertz CT molecular complexity index is 599. The summed E-state index contributed by atoms with van der Waals surface area (Å²) in [4.78, 5) is 11.9. The maximum Gasteiger partial charge on any atom is 0.221 e. The van der Waals surface area contributed by atoms with Crippen LogP contribution in [0.1, 0.15) is 44.1 Å². The predicted molar refractivity (Wildman–Crippen MR) is 100 cm³/mol. The van der Waals surface area contributed by atoms with Crippen molar-refractivity contribution in [3.05, 3.63) is 34.4 Å². The highest BCUT2D eigenvalue weighted by molar-refractivity contribution is 6.31. The number of rotatable bonds is 8. The van der Waals surface area contributed by atoms with Crippen LogP contribution in [-0.4, -0.2) is 26.1 Å². The zero-order chi connectivity index (χ0) is 17.4. The van der Waals surface area contributed by atoms with Gasteiger partial charge in [-0.1, -0.05) is 23.3 Å². The van der Waals surface area contributed by atoms with Gasteiger partial charge in [-0.3, -0.25) is 4.79 Å². The average Bonchev–Trinajstić information content (AvgIpc) is 2.58. The molecule has 0 aromatic heterocycles. The summed E-state index contributed by atoms with van der Waals surface area (Å²) in [5.41, 5.74) is 3.32. The second-order valence-electron chi connectivity index (χ2n) is 6.19. The number of carbonyl (C=O) groups is 1. The Morgan fingerprint density at radius 2 is 2.12 bits per heavy atom. The third-order valence-corrected chi connectivity index (χ3v) is 4.71. The van der Waals surface area contributed by atoms with E-state index in [2.05, 4.69) is 16.7 Å². The molecule has 1 amide bonds. The maximum atomic E-state index is 11.9. The molecule has 1 aromatic carbocycles. The van der Waals surface area contributed by atoms with Crippen LogP contribution in [0.3, 0.4) is 0 Å². The summed E-state index contributed by atoms with van der Waals surface area (Å²) in [6.45, 7) is 3.24. The molecule has 4 nitrogen and oxygen atoms in total. The lowest BCUT2D eigenvalue weighted by atomic mass is 9.97. The first-order chi connectivity index (χ1) is 11.6. The van der Waals surface area contributed by atoms with Gasteiger partial charge in [0.1, 0.15) is 5.75 Å². The minimum absolute atomic E-state index is 0.0727. The largest absolute Gasteiger partial charge is 0.495 e. The van der Waals surface area contributed by atoms with Crippen LogP contribution in [0.2, 0.25) is 5.02 Å². The molecule has 0 unspecified atom stereocenters. The van der Waals surface area contributed by atoms with Crippen LogP contribution in [0, 0.1) is 6.92 Å². The van der Waals surface area contributed by atoms with Gasteiger partial charge < -0.3 is 15.4 Å². The van der Waals surface area contributed by atoms with E-state index in [1.165, 1.54) is 31.3 Å². The van der Waals surface area contributed by atoms with Crippen LogP contribution >= 0.6 is 11.6 Å². The lowest BCUT2D eigenvalue weighted by Crippen LogP contribution is -2.26. The highest BCUT2D eigenvalue weighted by Gasteiger charge is 2.08. The fraction of sp³-hybridized carbons (Fsp3) is 0.526. The number of amides is 1. The van der Waals surface area contributed by atoms with E-state index < -0.39 is 0 Å². The van der Waals surface area contributed by atoms with Crippen molar-refractivity contribution in [1.29, 1.82) is 0 Å². The molecule has 1 aliphatic carbocycles. The maximum absolute atomic E-state index is 11.9. The molecule has 1 aliphatic rings. The van der Waals surface area contributed by atoms with Crippen molar-refractivity contribution in [2.24, 2.45) is 0 Å². The van der Waals surface area contributed by atoms with E-state index in [1.54, 1.807) is 13.2 Å². The summed E-state index contributed by atoms with van der Waals surface area (Å²) < 4.78 is 5.32. The molecule has 0 spiro atoms. The molecule has 0 aliphatic heterocycles. The van der Waals surface area contributed by atoms with Gasteiger partial charge in [0.05, 0.1) is 12.8 Å². The topological polar surface area (TPSA) is 50.4 Å². The summed E-state index contributed by atoms with van der Waals surface area (Å²) in [6.07, 6.45) is 8.70. The van der Waals surface area contributed by atoms with Gasteiger partial charge in [0.2, 0.25) is 5.91 Å². The number of aryl methyl sites for hydroxylation is 1. The Balaban J connectivity index is 1.70. The monoisotopic (exact) mass is 350 g/mol. The minimum Gasteiger partial charge on any atom is -0.495 e. The first kappa shape index (κ1) is 18.7. The zero-order valence-corrected chi connectivity index (χ0v) is 15.3. The quantitative estimate of drug-likeness (QED) is 0.680. The summed E-state index contributed by atoms with van der Waals surface area (Å²) in [5.74, 6) is 0.763. The molecular formula is C19H27ClN2O2. The Morgan fingerprint density at radius 3 is 2.83 bits per heavy atom. The molecule has 0 bridgehead atoms. The second-order valence-corrected chi connectivity index (χ2v) is 6.59. The van der Waals surface area contributed by atoms with Crippen LogP contribution in [-0.2, 0) is 4.79 Å². The van der Waals surface area contributed by atoms with Gasteiger partial charge in [-0.05, 0) is 50.7 Å². The van der Waals surface area contributed by atoms with Gasteiger partial charge in [0.25, 0.3) is 0 Å². The van der Waals surface area contributed by atoms with E-state index in [0.29, 0.717) is 23.7 Å². The highest BCUT2D eigenvalue weighted by atomic mass is 35.5. The number of benzene rings is 1. The van der Waals surface area contributed by atoms with Crippen LogP contribution in [0.4, 0.5) is 5.69 Å². The second kappa shape index (κ2) is 9.58. The van der Waals surface area contributed by atoms with Gasteiger partial charge in [0, 0.05) is 30.6 Å². The summed E-state index contributed by atoms with van der Waals surface area (Å²) >= 11 is 6.09. The third-order valence-electron chi connectivity index (χ3n) is 4.30. The Morgan fingerprint density at radius 1 is 1.29 bits per heavy atom. The molecule has 0 radical (unpaired) electrons. The van der Waals surface area contributed by atoms with Crippen LogP contribution in [0.15, 0.2) is 23.8 Å². The molecule has 0 saturated heterocycles.